The Morgan fingerprint density at radius 2 is 1.52 bits per heavy atom. The fourth-order valence-corrected chi connectivity index (χ4v) is 2.41. The van der Waals surface area contributed by atoms with Crippen molar-refractivity contribution < 1.29 is 32.2 Å². The van der Waals surface area contributed by atoms with Crippen LogP contribution in [0.2, 0.25) is 0 Å². The van der Waals surface area contributed by atoms with Gasteiger partial charge < -0.3 is 9.47 Å². The Balaban J connectivity index is 2.15. The molecular weight excluding hydrogens is 313 g/mol. The lowest BCUT2D eigenvalue weighted by Crippen LogP contribution is -2.24. The maximum atomic E-state index is 12.0. The molecule has 4 nitrogen and oxygen atoms in total. The number of carbonyl (C=O) groups excluding carboxylic acids is 2. The van der Waals surface area contributed by atoms with Crippen LogP contribution < -0.4 is 0 Å². The molecule has 0 aromatic rings. The van der Waals surface area contributed by atoms with Gasteiger partial charge in [-0.05, 0) is 44.4 Å². The normalized spacial score (nSPS) is 21.6. The van der Waals surface area contributed by atoms with E-state index >= 15 is 0 Å². The van der Waals surface area contributed by atoms with Gasteiger partial charge in [-0.25, -0.2) is 4.79 Å². The first-order chi connectivity index (χ1) is 10.7. The number of alkyl halides is 3. The number of hydrogen-bond donors (Lipinski definition) is 0. The Hall–Kier alpha value is -1.53. The molecule has 23 heavy (non-hydrogen) atoms. The molecule has 0 saturated heterocycles. The van der Waals surface area contributed by atoms with Crippen LogP contribution in [0.25, 0.3) is 0 Å². The summed E-state index contributed by atoms with van der Waals surface area (Å²) in [4.78, 5) is 22.6. The summed E-state index contributed by atoms with van der Waals surface area (Å²) in [5.41, 5.74) is 0.365. The van der Waals surface area contributed by atoms with Gasteiger partial charge in [-0.2, -0.15) is 13.2 Å². The van der Waals surface area contributed by atoms with E-state index < -0.39 is 31.0 Å². The first-order valence-electron chi connectivity index (χ1n) is 7.72. The first kappa shape index (κ1) is 19.5. The van der Waals surface area contributed by atoms with Crippen LogP contribution in [-0.2, 0) is 19.1 Å². The van der Waals surface area contributed by atoms with E-state index in [4.69, 9.17) is 9.47 Å². The van der Waals surface area contributed by atoms with E-state index in [9.17, 15) is 22.8 Å². The number of rotatable bonds is 7. The number of carbonyl (C=O) groups is 2. The van der Waals surface area contributed by atoms with Crippen molar-refractivity contribution in [3.63, 3.8) is 0 Å². The van der Waals surface area contributed by atoms with Crippen molar-refractivity contribution in [1.29, 1.82) is 0 Å². The van der Waals surface area contributed by atoms with Gasteiger partial charge in [0, 0.05) is 5.57 Å². The fourth-order valence-electron chi connectivity index (χ4n) is 2.41. The minimum absolute atomic E-state index is 0.162. The van der Waals surface area contributed by atoms with Crippen molar-refractivity contribution in [1.82, 2.24) is 0 Å². The molecule has 0 spiro atoms. The minimum Gasteiger partial charge on any atom is -0.465 e. The standard InChI is InChI=1S/C16H23F3O4/c1-11(2)15(21)23-10-13-5-3-12(4-6-13)9-22-14(20)7-8-16(17,18)19/h12-13H,1,3-10H2,2H3. The highest BCUT2D eigenvalue weighted by Gasteiger charge is 2.29. The van der Waals surface area contributed by atoms with Crippen molar-refractivity contribution in [3.05, 3.63) is 12.2 Å². The lowest BCUT2D eigenvalue weighted by Gasteiger charge is -2.27. The van der Waals surface area contributed by atoms with Crippen molar-refractivity contribution in [2.45, 2.75) is 51.6 Å². The molecule has 0 atom stereocenters. The van der Waals surface area contributed by atoms with Crippen molar-refractivity contribution in [2.75, 3.05) is 13.2 Å². The summed E-state index contributed by atoms with van der Waals surface area (Å²) < 4.78 is 46.0. The maximum Gasteiger partial charge on any atom is 0.389 e. The zero-order valence-corrected chi connectivity index (χ0v) is 13.3. The average molecular weight is 336 g/mol. The molecule has 0 amide bonds. The average Bonchev–Trinajstić information content (AvgIpc) is 2.48. The lowest BCUT2D eigenvalue weighted by molar-refractivity contribution is -0.158. The molecule has 0 heterocycles. The molecule has 0 aliphatic heterocycles. The highest BCUT2D eigenvalue weighted by molar-refractivity contribution is 5.86. The van der Waals surface area contributed by atoms with Gasteiger partial charge in [0.2, 0.25) is 0 Å². The zero-order chi connectivity index (χ0) is 17.5. The van der Waals surface area contributed by atoms with E-state index in [0.717, 1.165) is 25.7 Å². The predicted molar refractivity (Wildman–Crippen MR) is 77.5 cm³/mol. The summed E-state index contributed by atoms with van der Waals surface area (Å²) in [6.07, 6.45) is -2.81. The Bertz CT molecular complexity index is 424. The Labute approximate surface area is 134 Å². The predicted octanol–water partition coefficient (Wildman–Crippen LogP) is 3.80. The highest BCUT2D eigenvalue weighted by Crippen LogP contribution is 2.29. The molecule has 0 aromatic heterocycles. The van der Waals surface area contributed by atoms with Crippen molar-refractivity contribution in [3.8, 4) is 0 Å². The van der Waals surface area contributed by atoms with Crippen LogP contribution in [0.3, 0.4) is 0 Å². The molecule has 1 aliphatic carbocycles. The van der Waals surface area contributed by atoms with E-state index in [1.54, 1.807) is 6.92 Å². The second-order valence-corrected chi connectivity index (χ2v) is 6.06. The summed E-state index contributed by atoms with van der Waals surface area (Å²) in [6.45, 7) is 5.61. The molecule has 0 aromatic carbocycles. The molecule has 0 radical (unpaired) electrons. The summed E-state index contributed by atoms with van der Waals surface area (Å²) in [5, 5.41) is 0. The quantitative estimate of drug-likeness (QED) is 0.524. The van der Waals surface area contributed by atoms with Gasteiger partial charge in [0.05, 0.1) is 26.1 Å². The van der Waals surface area contributed by atoms with Crippen LogP contribution in [0, 0.1) is 11.8 Å². The largest absolute Gasteiger partial charge is 0.465 e. The third-order valence-corrected chi connectivity index (χ3v) is 3.86. The first-order valence-corrected chi connectivity index (χ1v) is 7.72. The minimum atomic E-state index is -4.34. The molecule has 0 unspecified atom stereocenters. The van der Waals surface area contributed by atoms with E-state index in [-0.39, 0.29) is 18.4 Å². The smallest absolute Gasteiger partial charge is 0.389 e. The Morgan fingerprint density at radius 3 is 1.96 bits per heavy atom. The Morgan fingerprint density at radius 1 is 1.04 bits per heavy atom. The van der Waals surface area contributed by atoms with Gasteiger partial charge in [-0.3, -0.25) is 4.79 Å². The second-order valence-electron chi connectivity index (χ2n) is 6.06. The van der Waals surface area contributed by atoms with Crippen LogP contribution in [0.4, 0.5) is 13.2 Å². The lowest BCUT2D eigenvalue weighted by atomic mass is 9.83. The topological polar surface area (TPSA) is 52.6 Å². The monoisotopic (exact) mass is 336 g/mol. The van der Waals surface area contributed by atoms with E-state index in [1.807, 2.05) is 0 Å². The SMILES string of the molecule is C=C(C)C(=O)OCC1CCC(COC(=O)CCC(F)(F)F)CC1. The summed E-state index contributed by atoms with van der Waals surface area (Å²) >= 11 is 0. The highest BCUT2D eigenvalue weighted by atomic mass is 19.4. The molecule has 7 heteroatoms. The fraction of sp³-hybridized carbons (Fsp3) is 0.750. The molecule has 0 N–H and O–H groups in total. The molecular formula is C16H23F3O4. The summed E-state index contributed by atoms with van der Waals surface area (Å²) in [6, 6.07) is 0. The molecule has 1 aliphatic rings. The maximum absolute atomic E-state index is 12.0. The van der Waals surface area contributed by atoms with Crippen molar-refractivity contribution in [2.24, 2.45) is 11.8 Å². The van der Waals surface area contributed by atoms with Gasteiger partial charge in [0.25, 0.3) is 0 Å². The molecule has 0 bridgehead atoms. The van der Waals surface area contributed by atoms with Crippen LogP contribution in [-0.4, -0.2) is 31.3 Å². The van der Waals surface area contributed by atoms with Crippen molar-refractivity contribution >= 4 is 11.9 Å². The number of halogens is 3. The van der Waals surface area contributed by atoms with Gasteiger partial charge in [0.15, 0.2) is 0 Å². The summed E-state index contributed by atoms with van der Waals surface area (Å²) in [7, 11) is 0. The van der Waals surface area contributed by atoms with Crippen LogP contribution in [0.1, 0.15) is 45.4 Å². The molecule has 1 rings (SSSR count). The van der Waals surface area contributed by atoms with E-state index in [2.05, 4.69) is 6.58 Å². The van der Waals surface area contributed by atoms with Gasteiger partial charge in [0.1, 0.15) is 0 Å². The van der Waals surface area contributed by atoms with Gasteiger partial charge in [-0.1, -0.05) is 6.58 Å². The zero-order valence-electron chi connectivity index (χ0n) is 13.3. The summed E-state index contributed by atoms with van der Waals surface area (Å²) in [5.74, 6) is -0.765. The van der Waals surface area contributed by atoms with Crippen LogP contribution in [0.5, 0.6) is 0 Å². The van der Waals surface area contributed by atoms with Gasteiger partial charge >= 0.3 is 18.1 Å². The second kappa shape index (κ2) is 8.93. The van der Waals surface area contributed by atoms with Crippen LogP contribution in [0.15, 0.2) is 12.2 Å². The Kier molecular flexibility index (Phi) is 7.58. The van der Waals surface area contributed by atoms with E-state index in [0.29, 0.717) is 12.2 Å². The molecule has 132 valence electrons. The number of ether oxygens (including phenoxy) is 2. The van der Waals surface area contributed by atoms with Crippen LogP contribution >= 0.6 is 0 Å². The third kappa shape index (κ3) is 8.62. The van der Waals surface area contributed by atoms with E-state index in [1.165, 1.54) is 0 Å². The van der Waals surface area contributed by atoms with Gasteiger partial charge in [-0.15, -0.1) is 0 Å². The number of hydrogen-bond acceptors (Lipinski definition) is 4. The molecule has 1 fully saturated rings. The molecule has 1 saturated carbocycles. The third-order valence-electron chi connectivity index (χ3n) is 3.86. The number of esters is 2.